The summed E-state index contributed by atoms with van der Waals surface area (Å²) in [5.74, 6) is -0.694. The summed E-state index contributed by atoms with van der Waals surface area (Å²) in [7, 11) is 0. The van der Waals surface area contributed by atoms with Crippen molar-refractivity contribution in [2.45, 2.75) is 39.7 Å². The maximum atomic E-state index is 10.8. The SMILES string of the molecule is CCC[C@H](C(=O)O)N(CC)CC. The van der Waals surface area contributed by atoms with Crippen LogP contribution in [0, 0.1) is 0 Å². The van der Waals surface area contributed by atoms with Gasteiger partial charge < -0.3 is 5.11 Å². The zero-order valence-electron chi connectivity index (χ0n) is 8.21. The Balaban J connectivity index is 4.15. The number of carbonyl (C=O) groups is 1. The van der Waals surface area contributed by atoms with E-state index in [-0.39, 0.29) is 6.04 Å². The normalized spacial score (nSPS) is 13.3. The fraction of sp³-hybridized carbons (Fsp3) is 0.889. The molecule has 3 nitrogen and oxygen atoms in total. The highest BCUT2D eigenvalue weighted by Gasteiger charge is 2.21. The fourth-order valence-electron chi connectivity index (χ4n) is 1.40. The van der Waals surface area contributed by atoms with E-state index in [0.29, 0.717) is 0 Å². The first-order chi connectivity index (χ1) is 5.67. The molecule has 0 saturated heterocycles. The van der Waals surface area contributed by atoms with E-state index < -0.39 is 5.97 Å². The predicted octanol–water partition coefficient (Wildman–Crippen LogP) is 1.58. The molecule has 0 aliphatic heterocycles. The Labute approximate surface area is 74.4 Å². The largest absolute Gasteiger partial charge is 0.480 e. The van der Waals surface area contributed by atoms with Crippen molar-refractivity contribution in [2.24, 2.45) is 0 Å². The molecule has 3 heteroatoms. The van der Waals surface area contributed by atoms with E-state index in [1.54, 1.807) is 0 Å². The average molecular weight is 173 g/mol. The molecular weight excluding hydrogens is 154 g/mol. The molecule has 1 N–H and O–H groups in total. The van der Waals surface area contributed by atoms with Gasteiger partial charge in [0.05, 0.1) is 0 Å². The van der Waals surface area contributed by atoms with E-state index in [0.717, 1.165) is 25.9 Å². The Kier molecular flexibility index (Phi) is 5.72. The predicted molar refractivity (Wildman–Crippen MR) is 49.3 cm³/mol. The first-order valence-corrected chi connectivity index (χ1v) is 4.64. The lowest BCUT2D eigenvalue weighted by Gasteiger charge is -2.25. The lowest BCUT2D eigenvalue weighted by atomic mass is 10.1. The van der Waals surface area contributed by atoms with Gasteiger partial charge in [-0.1, -0.05) is 27.2 Å². The second-order valence-electron chi connectivity index (χ2n) is 2.86. The monoisotopic (exact) mass is 173 g/mol. The molecule has 12 heavy (non-hydrogen) atoms. The van der Waals surface area contributed by atoms with Crippen molar-refractivity contribution >= 4 is 5.97 Å². The van der Waals surface area contributed by atoms with Crippen LogP contribution >= 0.6 is 0 Å². The second-order valence-corrected chi connectivity index (χ2v) is 2.86. The van der Waals surface area contributed by atoms with Crippen LogP contribution in [0.5, 0.6) is 0 Å². The van der Waals surface area contributed by atoms with Crippen molar-refractivity contribution in [1.29, 1.82) is 0 Å². The summed E-state index contributed by atoms with van der Waals surface area (Å²) in [6.45, 7) is 7.63. The van der Waals surface area contributed by atoms with Crippen molar-refractivity contribution in [3.63, 3.8) is 0 Å². The molecule has 0 bridgehead atoms. The van der Waals surface area contributed by atoms with Gasteiger partial charge in [-0.15, -0.1) is 0 Å². The van der Waals surface area contributed by atoms with Crippen molar-refractivity contribution in [3.8, 4) is 0 Å². The van der Waals surface area contributed by atoms with Crippen LogP contribution in [-0.2, 0) is 4.79 Å². The molecule has 0 heterocycles. The number of aliphatic carboxylic acids is 1. The third kappa shape index (κ3) is 3.22. The third-order valence-corrected chi connectivity index (χ3v) is 2.10. The molecule has 0 aliphatic rings. The van der Waals surface area contributed by atoms with Gasteiger partial charge in [0.1, 0.15) is 6.04 Å². The van der Waals surface area contributed by atoms with Gasteiger partial charge in [0.2, 0.25) is 0 Å². The zero-order valence-corrected chi connectivity index (χ0v) is 8.21. The van der Waals surface area contributed by atoms with Crippen molar-refractivity contribution in [2.75, 3.05) is 13.1 Å². The van der Waals surface area contributed by atoms with E-state index in [1.807, 2.05) is 25.7 Å². The van der Waals surface area contributed by atoms with Crippen LogP contribution in [0.2, 0.25) is 0 Å². The molecule has 0 amide bonds. The summed E-state index contributed by atoms with van der Waals surface area (Å²) in [4.78, 5) is 12.8. The van der Waals surface area contributed by atoms with Gasteiger partial charge in [-0.25, -0.2) is 0 Å². The van der Waals surface area contributed by atoms with Crippen molar-refractivity contribution in [3.05, 3.63) is 0 Å². The third-order valence-electron chi connectivity index (χ3n) is 2.10. The highest BCUT2D eigenvalue weighted by molar-refractivity contribution is 5.73. The molecule has 0 aliphatic carbocycles. The number of nitrogens with zero attached hydrogens (tertiary/aromatic N) is 1. The summed E-state index contributed by atoms with van der Waals surface area (Å²) >= 11 is 0. The highest BCUT2D eigenvalue weighted by Crippen LogP contribution is 2.06. The van der Waals surface area contributed by atoms with Crippen LogP contribution in [0.1, 0.15) is 33.6 Å². The number of carboxylic acid groups (broad SMARTS) is 1. The Hall–Kier alpha value is -0.570. The first kappa shape index (κ1) is 11.4. The van der Waals surface area contributed by atoms with Gasteiger partial charge in [-0.3, -0.25) is 9.69 Å². The number of hydrogen-bond acceptors (Lipinski definition) is 2. The number of rotatable bonds is 6. The zero-order chi connectivity index (χ0) is 9.56. The van der Waals surface area contributed by atoms with E-state index in [4.69, 9.17) is 5.11 Å². The summed E-state index contributed by atoms with van der Waals surface area (Å²) in [5.41, 5.74) is 0. The van der Waals surface area contributed by atoms with E-state index >= 15 is 0 Å². The van der Waals surface area contributed by atoms with Crippen molar-refractivity contribution < 1.29 is 9.90 Å². The molecular formula is C9H19NO2. The van der Waals surface area contributed by atoms with Crippen LogP contribution in [0.4, 0.5) is 0 Å². The Morgan fingerprint density at radius 2 is 1.83 bits per heavy atom. The number of likely N-dealkylation sites (N-methyl/N-ethyl adjacent to an activating group) is 1. The van der Waals surface area contributed by atoms with Gasteiger partial charge in [0.25, 0.3) is 0 Å². The minimum absolute atomic E-state index is 0.287. The smallest absolute Gasteiger partial charge is 0.320 e. The van der Waals surface area contributed by atoms with Crippen LogP contribution in [-0.4, -0.2) is 35.1 Å². The lowest BCUT2D eigenvalue weighted by molar-refractivity contribution is -0.143. The lowest BCUT2D eigenvalue weighted by Crippen LogP contribution is -2.40. The first-order valence-electron chi connectivity index (χ1n) is 4.64. The van der Waals surface area contributed by atoms with E-state index in [2.05, 4.69) is 0 Å². The molecule has 0 spiro atoms. The molecule has 0 aromatic rings. The van der Waals surface area contributed by atoms with Gasteiger partial charge in [0, 0.05) is 0 Å². The van der Waals surface area contributed by atoms with Gasteiger partial charge in [0.15, 0.2) is 0 Å². The van der Waals surface area contributed by atoms with Crippen LogP contribution in [0.3, 0.4) is 0 Å². The Morgan fingerprint density at radius 1 is 1.33 bits per heavy atom. The van der Waals surface area contributed by atoms with Gasteiger partial charge in [-0.05, 0) is 19.5 Å². The summed E-state index contributed by atoms with van der Waals surface area (Å²) in [5, 5.41) is 8.90. The molecule has 0 aromatic carbocycles. The molecule has 0 aromatic heterocycles. The summed E-state index contributed by atoms with van der Waals surface area (Å²) in [6, 6.07) is -0.287. The summed E-state index contributed by atoms with van der Waals surface area (Å²) < 4.78 is 0. The second kappa shape index (κ2) is 6.00. The van der Waals surface area contributed by atoms with Crippen LogP contribution < -0.4 is 0 Å². The molecule has 0 radical (unpaired) electrons. The quantitative estimate of drug-likeness (QED) is 0.663. The van der Waals surface area contributed by atoms with E-state index in [9.17, 15) is 4.79 Å². The van der Waals surface area contributed by atoms with Gasteiger partial charge >= 0.3 is 5.97 Å². The molecule has 72 valence electrons. The molecule has 0 saturated carbocycles. The highest BCUT2D eigenvalue weighted by atomic mass is 16.4. The molecule has 0 rings (SSSR count). The molecule has 1 atom stereocenters. The fourth-order valence-corrected chi connectivity index (χ4v) is 1.40. The average Bonchev–Trinajstić information content (AvgIpc) is 2.05. The number of hydrogen-bond donors (Lipinski definition) is 1. The van der Waals surface area contributed by atoms with Crippen molar-refractivity contribution in [1.82, 2.24) is 4.90 Å². The maximum Gasteiger partial charge on any atom is 0.320 e. The van der Waals surface area contributed by atoms with Gasteiger partial charge in [-0.2, -0.15) is 0 Å². The Bertz CT molecular complexity index is 132. The molecule has 0 fully saturated rings. The van der Waals surface area contributed by atoms with Crippen LogP contribution in [0.15, 0.2) is 0 Å². The minimum atomic E-state index is -0.694. The van der Waals surface area contributed by atoms with E-state index in [1.165, 1.54) is 0 Å². The van der Waals surface area contributed by atoms with Crippen LogP contribution in [0.25, 0.3) is 0 Å². The molecule has 0 unspecified atom stereocenters. The Morgan fingerprint density at radius 3 is 2.08 bits per heavy atom. The summed E-state index contributed by atoms with van der Waals surface area (Å²) in [6.07, 6.45) is 1.67. The topological polar surface area (TPSA) is 40.5 Å². The number of carboxylic acids is 1. The maximum absolute atomic E-state index is 10.8. The minimum Gasteiger partial charge on any atom is -0.480 e. The standard InChI is InChI=1S/C9H19NO2/c1-4-7-8(9(11)12)10(5-2)6-3/h8H,4-7H2,1-3H3,(H,11,12)/t8-/m1/s1.